The van der Waals surface area contributed by atoms with Crippen LogP contribution in [-0.4, -0.2) is 37.4 Å². The summed E-state index contributed by atoms with van der Waals surface area (Å²) in [5, 5.41) is 6.12. The Morgan fingerprint density at radius 3 is 2.45 bits per heavy atom. The van der Waals surface area contributed by atoms with E-state index in [4.69, 9.17) is 11.6 Å². The summed E-state index contributed by atoms with van der Waals surface area (Å²) in [6, 6.07) is 13.9. The number of sulfone groups is 1. The summed E-state index contributed by atoms with van der Waals surface area (Å²) in [5.41, 5.74) is 1.37. The maximum absolute atomic E-state index is 13.2. The van der Waals surface area contributed by atoms with Crippen LogP contribution in [-0.2, 0) is 21.2 Å². The maximum atomic E-state index is 13.2. The van der Waals surface area contributed by atoms with Crippen LogP contribution in [0.1, 0.15) is 25.3 Å². The third-order valence-electron chi connectivity index (χ3n) is 5.40. The van der Waals surface area contributed by atoms with E-state index in [1.54, 1.807) is 40.2 Å². The number of fused-ring (bicyclic) bond motifs is 1. The molecule has 8 heteroatoms. The first kappa shape index (κ1) is 19.9. The van der Waals surface area contributed by atoms with Gasteiger partial charge in [-0.1, -0.05) is 42.8 Å². The van der Waals surface area contributed by atoms with Gasteiger partial charge in [0.15, 0.2) is 0 Å². The number of benzene rings is 2. The number of carbonyl (C=O) groups excluding carboxylic acids is 1. The summed E-state index contributed by atoms with van der Waals surface area (Å²) in [4.78, 5) is 14.8. The zero-order valence-electron chi connectivity index (χ0n) is 16.1. The largest absolute Gasteiger partial charge is 0.337 e. The molecule has 0 unspecified atom stereocenters. The van der Waals surface area contributed by atoms with E-state index in [0.717, 1.165) is 18.4 Å². The van der Waals surface area contributed by atoms with Gasteiger partial charge in [0, 0.05) is 18.1 Å². The quantitative estimate of drug-likeness (QED) is 0.742. The van der Waals surface area contributed by atoms with E-state index in [1.807, 2.05) is 12.1 Å². The Hall–Kier alpha value is -2.38. The molecule has 6 nitrogen and oxygen atoms in total. The summed E-state index contributed by atoms with van der Waals surface area (Å²) < 4.78 is 26.3. The van der Waals surface area contributed by atoms with Crippen LogP contribution in [0.3, 0.4) is 0 Å². The predicted octanol–water partition coefficient (Wildman–Crippen LogP) is 3.71. The van der Waals surface area contributed by atoms with Crippen molar-refractivity contribution in [1.29, 1.82) is 0 Å². The van der Waals surface area contributed by atoms with Gasteiger partial charge in [-0.05, 0) is 48.6 Å². The van der Waals surface area contributed by atoms with Gasteiger partial charge in [0.2, 0.25) is 14.9 Å². The van der Waals surface area contributed by atoms with Crippen molar-refractivity contribution in [2.45, 2.75) is 31.2 Å². The van der Waals surface area contributed by atoms with Crippen molar-refractivity contribution in [3.8, 4) is 0 Å². The number of para-hydroxylation sites is 1. The average molecular weight is 432 g/mol. The molecule has 0 aliphatic carbocycles. The molecular formula is C21H22ClN3O3S. The molecule has 0 bridgehead atoms. The lowest BCUT2D eigenvalue weighted by molar-refractivity contribution is -0.125. The Labute approximate surface area is 175 Å². The lowest BCUT2D eigenvalue weighted by Crippen LogP contribution is -2.46. The topological polar surface area (TPSA) is 70.1 Å². The summed E-state index contributed by atoms with van der Waals surface area (Å²) in [6.45, 7) is 3.57. The molecule has 2 aliphatic rings. The SMILES string of the molecule is CC1CCN(C(=O)C2=NN(Cc3ccc(Cl)cc3)c3ccccc3S2(=O)=O)CC1. The normalized spacial score (nSPS) is 18.9. The molecule has 1 amide bonds. The minimum Gasteiger partial charge on any atom is -0.337 e. The first-order chi connectivity index (χ1) is 13.9. The molecule has 0 N–H and O–H groups in total. The van der Waals surface area contributed by atoms with E-state index >= 15 is 0 Å². The van der Waals surface area contributed by atoms with Gasteiger partial charge in [0.25, 0.3) is 5.91 Å². The fraction of sp³-hybridized carbons (Fsp3) is 0.333. The van der Waals surface area contributed by atoms with Gasteiger partial charge in [-0.2, -0.15) is 5.10 Å². The number of carbonyl (C=O) groups is 1. The molecule has 0 saturated carbocycles. The third kappa shape index (κ3) is 3.89. The van der Waals surface area contributed by atoms with Crippen molar-refractivity contribution in [2.75, 3.05) is 18.1 Å². The molecule has 2 aliphatic heterocycles. The molecule has 2 aromatic carbocycles. The smallest absolute Gasteiger partial charge is 0.286 e. The molecule has 152 valence electrons. The number of nitrogens with zero attached hydrogens (tertiary/aromatic N) is 3. The highest BCUT2D eigenvalue weighted by Gasteiger charge is 2.39. The van der Waals surface area contributed by atoms with Gasteiger partial charge in [0.1, 0.15) is 0 Å². The standard InChI is InChI=1S/C21H22ClN3O3S/c1-15-10-12-24(13-11-15)21(26)20-23-25(14-16-6-8-17(22)9-7-16)18-4-2-3-5-19(18)29(20,27)28/h2-9,15H,10-14H2,1H3. The minimum atomic E-state index is -3.98. The van der Waals surface area contributed by atoms with Crippen LogP contribution in [0.4, 0.5) is 5.69 Å². The molecular weight excluding hydrogens is 410 g/mol. The van der Waals surface area contributed by atoms with Crippen LogP contribution in [0.15, 0.2) is 58.5 Å². The fourth-order valence-electron chi connectivity index (χ4n) is 3.61. The zero-order chi connectivity index (χ0) is 20.6. The van der Waals surface area contributed by atoms with Gasteiger partial charge in [-0.25, -0.2) is 8.42 Å². The zero-order valence-corrected chi connectivity index (χ0v) is 17.7. The van der Waals surface area contributed by atoms with E-state index in [-0.39, 0.29) is 4.90 Å². The van der Waals surface area contributed by atoms with Gasteiger partial charge < -0.3 is 4.90 Å². The number of hydrogen-bond acceptors (Lipinski definition) is 5. The van der Waals surface area contributed by atoms with Gasteiger partial charge in [-0.3, -0.25) is 9.80 Å². The van der Waals surface area contributed by atoms with Crippen LogP contribution < -0.4 is 5.01 Å². The summed E-state index contributed by atoms with van der Waals surface area (Å²) in [5.74, 6) is 0.0126. The number of anilines is 1. The molecule has 0 atom stereocenters. The van der Waals surface area contributed by atoms with Crippen LogP contribution in [0.2, 0.25) is 5.02 Å². The number of hydrogen-bond donors (Lipinski definition) is 0. The Bertz CT molecular complexity index is 1060. The number of hydrazone groups is 1. The number of likely N-dealkylation sites (tertiary alicyclic amines) is 1. The van der Waals surface area contributed by atoms with Crippen molar-refractivity contribution >= 4 is 38.1 Å². The van der Waals surface area contributed by atoms with Gasteiger partial charge >= 0.3 is 0 Å². The highest BCUT2D eigenvalue weighted by atomic mass is 35.5. The molecule has 0 spiro atoms. The second kappa shape index (κ2) is 7.80. The summed E-state index contributed by atoms with van der Waals surface area (Å²) >= 11 is 5.96. The molecule has 29 heavy (non-hydrogen) atoms. The second-order valence-electron chi connectivity index (χ2n) is 7.54. The van der Waals surface area contributed by atoms with Crippen LogP contribution in [0.5, 0.6) is 0 Å². The molecule has 4 rings (SSSR count). The lowest BCUT2D eigenvalue weighted by Gasteiger charge is -2.32. The van der Waals surface area contributed by atoms with E-state index in [2.05, 4.69) is 12.0 Å². The van der Waals surface area contributed by atoms with Crippen molar-refractivity contribution in [3.63, 3.8) is 0 Å². The molecule has 1 fully saturated rings. The van der Waals surface area contributed by atoms with Crippen LogP contribution in [0.25, 0.3) is 0 Å². The highest BCUT2D eigenvalue weighted by Crippen LogP contribution is 2.33. The van der Waals surface area contributed by atoms with E-state index < -0.39 is 20.8 Å². The Balaban J connectivity index is 1.72. The molecule has 0 aromatic heterocycles. The van der Waals surface area contributed by atoms with E-state index in [1.165, 1.54) is 6.07 Å². The monoisotopic (exact) mass is 431 g/mol. The Kier molecular flexibility index (Phi) is 5.36. The molecule has 2 heterocycles. The lowest BCUT2D eigenvalue weighted by atomic mass is 9.99. The fourth-order valence-corrected chi connectivity index (χ4v) is 5.21. The maximum Gasteiger partial charge on any atom is 0.286 e. The first-order valence-corrected chi connectivity index (χ1v) is 11.5. The molecule has 1 saturated heterocycles. The highest BCUT2D eigenvalue weighted by molar-refractivity contribution is 8.08. The van der Waals surface area contributed by atoms with Crippen molar-refractivity contribution in [2.24, 2.45) is 11.0 Å². The predicted molar refractivity (Wildman–Crippen MR) is 114 cm³/mol. The second-order valence-corrected chi connectivity index (χ2v) is 9.80. The third-order valence-corrected chi connectivity index (χ3v) is 7.34. The number of piperidine rings is 1. The first-order valence-electron chi connectivity index (χ1n) is 9.60. The van der Waals surface area contributed by atoms with Crippen molar-refractivity contribution < 1.29 is 13.2 Å². The summed E-state index contributed by atoms with van der Waals surface area (Å²) in [6.07, 6.45) is 1.73. The minimum absolute atomic E-state index is 0.109. The van der Waals surface area contributed by atoms with Crippen LogP contribution in [0, 0.1) is 5.92 Å². The number of amides is 1. The number of rotatable bonds is 3. The van der Waals surface area contributed by atoms with Crippen molar-refractivity contribution in [1.82, 2.24) is 4.90 Å². The van der Waals surface area contributed by atoms with Gasteiger partial charge in [0.05, 0.1) is 17.1 Å². The summed E-state index contributed by atoms with van der Waals surface area (Å²) in [7, 11) is -3.98. The van der Waals surface area contributed by atoms with E-state index in [0.29, 0.717) is 36.3 Å². The number of halogens is 1. The van der Waals surface area contributed by atoms with Gasteiger partial charge in [-0.15, -0.1) is 0 Å². The molecule has 0 radical (unpaired) electrons. The van der Waals surface area contributed by atoms with Crippen LogP contribution >= 0.6 is 11.6 Å². The Morgan fingerprint density at radius 1 is 1.10 bits per heavy atom. The van der Waals surface area contributed by atoms with Crippen molar-refractivity contribution in [3.05, 3.63) is 59.1 Å². The van der Waals surface area contributed by atoms with E-state index in [9.17, 15) is 13.2 Å². The molecule has 2 aromatic rings. The average Bonchev–Trinajstić information content (AvgIpc) is 2.72. The Morgan fingerprint density at radius 2 is 1.76 bits per heavy atom.